The first-order valence-corrected chi connectivity index (χ1v) is 11.7. The molecule has 0 spiro atoms. The Kier molecular flexibility index (Phi) is 10.4. The lowest BCUT2D eigenvalue weighted by Crippen LogP contribution is -2.32. The fourth-order valence-electron chi connectivity index (χ4n) is 3.33. The average molecular weight is 453 g/mol. The van der Waals surface area contributed by atoms with Gasteiger partial charge in [-0.2, -0.15) is 0 Å². The molecule has 2 aromatic rings. The van der Waals surface area contributed by atoms with Crippen LogP contribution in [0.15, 0.2) is 48.5 Å². The van der Waals surface area contributed by atoms with Gasteiger partial charge in [-0.1, -0.05) is 32.9 Å². The zero-order chi connectivity index (χ0) is 24.2. The lowest BCUT2D eigenvalue weighted by molar-refractivity contribution is -0.114. The first kappa shape index (κ1) is 25.9. The van der Waals surface area contributed by atoms with Crippen molar-refractivity contribution in [2.75, 3.05) is 30.3 Å². The van der Waals surface area contributed by atoms with Gasteiger partial charge in [-0.25, -0.2) is 0 Å². The molecular weight excluding hydrogens is 416 g/mol. The Morgan fingerprint density at radius 2 is 1.48 bits per heavy atom. The summed E-state index contributed by atoms with van der Waals surface area (Å²) < 4.78 is 0. The van der Waals surface area contributed by atoms with Crippen LogP contribution in [0.5, 0.6) is 0 Å². The molecule has 0 aliphatic rings. The lowest BCUT2D eigenvalue weighted by atomic mass is 10.1. The number of hydrogen-bond acceptors (Lipinski definition) is 4. The minimum atomic E-state index is -0.246. The summed E-state index contributed by atoms with van der Waals surface area (Å²) in [5.74, 6) is -0.413. The molecular formula is C26H36N4O3. The number of carbonyl (C=O) groups is 3. The molecule has 1 unspecified atom stereocenters. The zero-order valence-corrected chi connectivity index (χ0v) is 20.1. The Hall–Kier alpha value is -3.35. The number of amides is 3. The molecule has 7 heteroatoms. The highest BCUT2D eigenvalue weighted by Gasteiger charge is 2.15. The van der Waals surface area contributed by atoms with Crippen LogP contribution < -0.4 is 16.0 Å². The molecule has 0 aliphatic heterocycles. The molecule has 7 nitrogen and oxygen atoms in total. The highest BCUT2D eigenvalue weighted by Crippen LogP contribution is 2.14. The summed E-state index contributed by atoms with van der Waals surface area (Å²) in [5.41, 5.74) is 2.35. The molecule has 178 valence electrons. The van der Waals surface area contributed by atoms with E-state index in [0.717, 1.165) is 32.4 Å². The van der Waals surface area contributed by atoms with E-state index < -0.39 is 0 Å². The number of nitrogens with one attached hydrogen (secondary N) is 3. The van der Waals surface area contributed by atoms with Crippen LogP contribution in [0, 0.1) is 0 Å². The smallest absolute Gasteiger partial charge is 0.253 e. The van der Waals surface area contributed by atoms with Crippen molar-refractivity contribution in [3.63, 3.8) is 0 Å². The van der Waals surface area contributed by atoms with Gasteiger partial charge in [0.05, 0.1) is 6.54 Å². The van der Waals surface area contributed by atoms with Crippen molar-refractivity contribution in [3.8, 4) is 0 Å². The second kappa shape index (κ2) is 13.3. The molecule has 3 N–H and O–H groups in total. The second-order valence-corrected chi connectivity index (χ2v) is 8.14. The Balaban J connectivity index is 1.96. The van der Waals surface area contributed by atoms with Gasteiger partial charge in [-0.3, -0.25) is 14.4 Å². The van der Waals surface area contributed by atoms with E-state index in [1.165, 1.54) is 0 Å². The van der Waals surface area contributed by atoms with Crippen LogP contribution in [0.1, 0.15) is 67.7 Å². The van der Waals surface area contributed by atoms with Crippen LogP contribution in [0.25, 0.3) is 0 Å². The zero-order valence-electron chi connectivity index (χ0n) is 20.1. The molecule has 2 rings (SSSR count). The van der Waals surface area contributed by atoms with Crippen molar-refractivity contribution < 1.29 is 14.4 Å². The minimum Gasteiger partial charge on any atom is -0.376 e. The van der Waals surface area contributed by atoms with Gasteiger partial charge in [-0.05, 0) is 62.6 Å². The molecule has 0 fully saturated rings. The number of anilines is 2. The maximum Gasteiger partial charge on any atom is 0.253 e. The standard InChI is InChI=1S/C26H36N4O3/c1-5-14-30(15-6-2)26(33)21-11-9-12-22(17-21)27-18-24(31)29-23-13-8-10-20(16-23)25(32)28-19(4)7-3/h8-13,16-17,19,27H,5-7,14-15,18H2,1-4H3,(H,28,32)(H,29,31). The van der Waals surface area contributed by atoms with E-state index >= 15 is 0 Å². The fraction of sp³-hybridized carbons (Fsp3) is 0.423. The molecule has 0 aromatic heterocycles. The Bertz CT molecular complexity index is 939. The van der Waals surface area contributed by atoms with Gasteiger partial charge >= 0.3 is 0 Å². The molecule has 0 heterocycles. The van der Waals surface area contributed by atoms with Crippen molar-refractivity contribution in [2.24, 2.45) is 0 Å². The predicted octanol–water partition coefficient (Wildman–Crippen LogP) is 4.53. The highest BCUT2D eigenvalue weighted by molar-refractivity contribution is 5.98. The number of carbonyl (C=O) groups excluding carboxylic acids is 3. The first-order chi connectivity index (χ1) is 15.9. The van der Waals surface area contributed by atoms with Crippen LogP contribution in [-0.2, 0) is 4.79 Å². The van der Waals surface area contributed by atoms with E-state index in [1.807, 2.05) is 30.9 Å². The van der Waals surface area contributed by atoms with Gasteiger partial charge in [0.25, 0.3) is 11.8 Å². The summed E-state index contributed by atoms with van der Waals surface area (Å²) in [4.78, 5) is 39.4. The van der Waals surface area contributed by atoms with Crippen LogP contribution in [0.3, 0.4) is 0 Å². The van der Waals surface area contributed by atoms with Crippen LogP contribution in [0.2, 0.25) is 0 Å². The number of nitrogens with zero attached hydrogens (tertiary/aromatic N) is 1. The Morgan fingerprint density at radius 3 is 2.12 bits per heavy atom. The third-order valence-corrected chi connectivity index (χ3v) is 5.24. The quantitative estimate of drug-likeness (QED) is 0.441. The van der Waals surface area contributed by atoms with E-state index in [1.54, 1.807) is 36.4 Å². The predicted molar refractivity (Wildman–Crippen MR) is 134 cm³/mol. The van der Waals surface area contributed by atoms with E-state index in [-0.39, 0.29) is 30.3 Å². The van der Waals surface area contributed by atoms with E-state index in [2.05, 4.69) is 29.8 Å². The molecule has 2 aromatic carbocycles. The van der Waals surface area contributed by atoms with Crippen LogP contribution in [-0.4, -0.2) is 48.3 Å². The van der Waals surface area contributed by atoms with Gasteiger partial charge in [-0.15, -0.1) is 0 Å². The third-order valence-electron chi connectivity index (χ3n) is 5.24. The SMILES string of the molecule is CCCN(CCC)C(=O)c1cccc(NCC(=O)Nc2cccc(C(=O)NC(C)CC)c2)c1. The lowest BCUT2D eigenvalue weighted by Gasteiger charge is -2.21. The Labute approximate surface area is 196 Å². The van der Waals surface area contributed by atoms with Gasteiger partial charge < -0.3 is 20.9 Å². The summed E-state index contributed by atoms with van der Waals surface area (Å²) in [7, 11) is 0. The Morgan fingerprint density at radius 1 is 0.879 bits per heavy atom. The first-order valence-electron chi connectivity index (χ1n) is 11.7. The third kappa shape index (κ3) is 8.25. The monoisotopic (exact) mass is 452 g/mol. The average Bonchev–Trinajstić information content (AvgIpc) is 2.82. The summed E-state index contributed by atoms with van der Waals surface area (Å²) in [6.45, 7) is 9.55. The van der Waals surface area contributed by atoms with Gasteiger partial charge in [0, 0.05) is 41.6 Å². The molecule has 33 heavy (non-hydrogen) atoms. The summed E-state index contributed by atoms with van der Waals surface area (Å²) in [6, 6.07) is 14.1. The highest BCUT2D eigenvalue weighted by atomic mass is 16.2. The van der Waals surface area contributed by atoms with Crippen LogP contribution in [0.4, 0.5) is 11.4 Å². The van der Waals surface area contributed by atoms with Crippen molar-refractivity contribution in [1.82, 2.24) is 10.2 Å². The molecule has 1 atom stereocenters. The van der Waals surface area contributed by atoms with Crippen molar-refractivity contribution in [2.45, 2.75) is 53.0 Å². The maximum atomic E-state index is 12.8. The van der Waals surface area contributed by atoms with Gasteiger partial charge in [0.15, 0.2) is 0 Å². The molecule has 3 amide bonds. The van der Waals surface area contributed by atoms with Gasteiger partial charge in [0.1, 0.15) is 0 Å². The topological polar surface area (TPSA) is 90.5 Å². The summed E-state index contributed by atoms with van der Waals surface area (Å²) in [6.07, 6.45) is 2.66. The van der Waals surface area contributed by atoms with Gasteiger partial charge in [0.2, 0.25) is 5.91 Å². The normalized spacial score (nSPS) is 11.4. The maximum absolute atomic E-state index is 12.8. The number of hydrogen-bond donors (Lipinski definition) is 3. The summed E-state index contributed by atoms with van der Waals surface area (Å²) in [5, 5.41) is 8.80. The van der Waals surface area contributed by atoms with Crippen molar-refractivity contribution in [3.05, 3.63) is 59.7 Å². The molecule has 0 saturated heterocycles. The van der Waals surface area contributed by atoms with E-state index in [0.29, 0.717) is 22.5 Å². The minimum absolute atomic E-state index is 0.000663. The number of rotatable bonds is 12. The molecule has 0 radical (unpaired) electrons. The van der Waals surface area contributed by atoms with E-state index in [9.17, 15) is 14.4 Å². The van der Waals surface area contributed by atoms with E-state index in [4.69, 9.17) is 0 Å². The van der Waals surface area contributed by atoms with Crippen molar-refractivity contribution >= 4 is 29.1 Å². The fourth-order valence-corrected chi connectivity index (χ4v) is 3.33. The largest absolute Gasteiger partial charge is 0.376 e. The second-order valence-electron chi connectivity index (χ2n) is 8.14. The molecule has 0 bridgehead atoms. The molecule has 0 aliphatic carbocycles. The molecule has 0 saturated carbocycles. The van der Waals surface area contributed by atoms with Crippen molar-refractivity contribution in [1.29, 1.82) is 0 Å². The number of benzene rings is 2. The van der Waals surface area contributed by atoms with Crippen LogP contribution >= 0.6 is 0 Å². The summed E-state index contributed by atoms with van der Waals surface area (Å²) >= 11 is 0.